The molecule has 2 aromatic carbocycles. The number of rotatable bonds is 13. The van der Waals surface area contributed by atoms with Gasteiger partial charge in [0.2, 0.25) is 0 Å². The van der Waals surface area contributed by atoms with Gasteiger partial charge in [-0.1, -0.05) is 0 Å². The zero-order valence-electron chi connectivity index (χ0n) is 19.6. The van der Waals surface area contributed by atoms with E-state index in [1.165, 1.54) is 12.8 Å². The van der Waals surface area contributed by atoms with E-state index in [1.54, 1.807) is 0 Å². The monoisotopic (exact) mass is 488 g/mol. The Morgan fingerprint density at radius 3 is 1.76 bits per heavy atom. The van der Waals surface area contributed by atoms with Gasteiger partial charge in [-0.2, -0.15) is 0 Å². The number of nitrogens with zero attached hydrogens (tertiary/aromatic N) is 1. The maximum atomic E-state index is 7.42. The number of likely N-dealkylation sites (tertiary alicyclic amines) is 1. The highest BCUT2D eigenvalue weighted by atomic mass is 35.5. The normalized spacial score (nSPS) is 14.2. The van der Waals surface area contributed by atoms with Crippen LogP contribution in [0.2, 0.25) is 0 Å². The summed E-state index contributed by atoms with van der Waals surface area (Å²) in [6, 6.07) is 15.3. The molecule has 9 heteroatoms. The van der Waals surface area contributed by atoms with Crippen molar-refractivity contribution in [3.05, 3.63) is 59.7 Å². The standard InChI is InChI=1S/C25H36N6O2.ClH/c26-24(27)19-3-7-22(8-4-19)32-17-1-13-30-21-11-15-31(16-12-21)14-2-18-33-23-9-5-20(6-10-23)25(28)29;/h3-10,21,30H,1-2,11-18H2,(H3,26,27)(H3,28,29);1H. The van der Waals surface area contributed by atoms with E-state index in [0.717, 1.165) is 50.5 Å². The van der Waals surface area contributed by atoms with Crippen molar-refractivity contribution in [2.45, 2.75) is 31.7 Å². The Morgan fingerprint density at radius 2 is 1.29 bits per heavy atom. The second kappa shape index (κ2) is 14.5. The molecule has 0 spiro atoms. The third-order valence-corrected chi connectivity index (χ3v) is 5.83. The zero-order chi connectivity index (χ0) is 23.5. The molecule has 1 saturated heterocycles. The summed E-state index contributed by atoms with van der Waals surface area (Å²) in [5, 5.41) is 18.5. The largest absolute Gasteiger partial charge is 0.494 e. The van der Waals surface area contributed by atoms with Gasteiger partial charge in [-0.15, -0.1) is 12.4 Å². The number of nitrogens with two attached hydrogens (primary N) is 2. The molecule has 186 valence electrons. The number of amidine groups is 2. The Kier molecular flexibility index (Phi) is 11.7. The molecule has 1 fully saturated rings. The molecule has 0 aromatic heterocycles. The highest BCUT2D eigenvalue weighted by Gasteiger charge is 2.18. The van der Waals surface area contributed by atoms with E-state index in [-0.39, 0.29) is 24.1 Å². The topological polar surface area (TPSA) is 133 Å². The summed E-state index contributed by atoms with van der Waals surface area (Å²) >= 11 is 0. The van der Waals surface area contributed by atoms with E-state index >= 15 is 0 Å². The van der Waals surface area contributed by atoms with Crippen LogP contribution in [-0.4, -0.2) is 62.0 Å². The molecule has 1 heterocycles. The van der Waals surface area contributed by atoms with E-state index in [4.69, 9.17) is 31.8 Å². The summed E-state index contributed by atoms with van der Waals surface area (Å²) < 4.78 is 11.6. The van der Waals surface area contributed by atoms with Crippen molar-refractivity contribution < 1.29 is 9.47 Å². The molecule has 0 saturated carbocycles. The van der Waals surface area contributed by atoms with Crippen molar-refractivity contribution in [1.82, 2.24) is 10.2 Å². The van der Waals surface area contributed by atoms with Crippen LogP contribution in [0.3, 0.4) is 0 Å². The van der Waals surface area contributed by atoms with Crippen LogP contribution in [0.25, 0.3) is 0 Å². The van der Waals surface area contributed by atoms with E-state index < -0.39 is 0 Å². The van der Waals surface area contributed by atoms with Crippen molar-refractivity contribution in [2.75, 3.05) is 39.4 Å². The average molecular weight is 489 g/mol. The number of hydrogen-bond acceptors (Lipinski definition) is 6. The molecule has 34 heavy (non-hydrogen) atoms. The van der Waals surface area contributed by atoms with Gasteiger partial charge in [0.15, 0.2) is 0 Å². The van der Waals surface area contributed by atoms with Gasteiger partial charge in [-0.25, -0.2) is 0 Å². The SMILES string of the molecule is Cl.N=C(N)c1ccc(OCCCNC2CCN(CCCOc3ccc(C(=N)N)cc3)CC2)cc1. The summed E-state index contributed by atoms with van der Waals surface area (Å²) in [4.78, 5) is 2.51. The first-order chi connectivity index (χ1) is 16.0. The minimum Gasteiger partial charge on any atom is -0.494 e. The van der Waals surface area contributed by atoms with Crippen LogP contribution in [0.1, 0.15) is 36.8 Å². The van der Waals surface area contributed by atoms with Crippen LogP contribution in [-0.2, 0) is 0 Å². The summed E-state index contributed by atoms with van der Waals surface area (Å²) in [7, 11) is 0. The lowest BCUT2D eigenvalue weighted by Gasteiger charge is -2.32. The Labute approximate surface area is 208 Å². The quantitative estimate of drug-likeness (QED) is 0.167. The maximum absolute atomic E-state index is 7.42. The predicted octanol–water partition coefficient (Wildman–Crippen LogP) is 2.97. The van der Waals surface area contributed by atoms with Gasteiger partial charge >= 0.3 is 0 Å². The number of piperidine rings is 1. The van der Waals surface area contributed by atoms with Crippen LogP contribution in [0.5, 0.6) is 11.5 Å². The summed E-state index contributed by atoms with van der Waals surface area (Å²) in [5.74, 6) is 1.78. The number of ether oxygens (including phenoxy) is 2. The van der Waals surface area contributed by atoms with Crippen LogP contribution in [0, 0.1) is 10.8 Å². The molecule has 2 aromatic rings. The maximum Gasteiger partial charge on any atom is 0.122 e. The third-order valence-electron chi connectivity index (χ3n) is 5.83. The Bertz CT molecular complexity index is 883. The van der Waals surface area contributed by atoms with E-state index in [0.29, 0.717) is 30.4 Å². The number of hydrogen-bond donors (Lipinski definition) is 5. The molecule has 0 bridgehead atoms. The first-order valence-electron chi connectivity index (χ1n) is 11.6. The predicted molar refractivity (Wildman–Crippen MR) is 140 cm³/mol. The van der Waals surface area contributed by atoms with Crippen molar-refractivity contribution in [1.29, 1.82) is 10.8 Å². The first kappa shape index (κ1) is 27.4. The Balaban J connectivity index is 0.00000408. The lowest BCUT2D eigenvalue weighted by molar-refractivity contribution is 0.181. The van der Waals surface area contributed by atoms with Gasteiger partial charge in [0.1, 0.15) is 23.2 Å². The number of benzene rings is 2. The van der Waals surface area contributed by atoms with Crippen LogP contribution < -0.4 is 26.3 Å². The highest BCUT2D eigenvalue weighted by Crippen LogP contribution is 2.14. The third kappa shape index (κ3) is 9.21. The summed E-state index contributed by atoms with van der Waals surface area (Å²) in [6.07, 6.45) is 4.29. The molecule has 0 unspecified atom stereocenters. The fraction of sp³-hybridized carbons (Fsp3) is 0.440. The van der Waals surface area contributed by atoms with Gasteiger partial charge in [-0.3, -0.25) is 10.8 Å². The summed E-state index contributed by atoms with van der Waals surface area (Å²) in [6.45, 7) is 5.59. The molecule has 7 N–H and O–H groups in total. The Morgan fingerprint density at radius 1 is 0.824 bits per heavy atom. The first-order valence-corrected chi connectivity index (χ1v) is 11.6. The molecule has 3 rings (SSSR count). The molecule has 1 aliphatic rings. The lowest BCUT2D eigenvalue weighted by atomic mass is 10.0. The Hall–Kier alpha value is -2.81. The summed E-state index contributed by atoms with van der Waals surface area (Å²) in [5.41, 5.74) is 12.4. The van der Waals surface area contributed by atoms with Gasteiger partial charge in [0, 0.05) is 23.7 Å². The lowest BCUT2D eigenvalue weighted by Crippen LogP contribution is -2.43. The van der Waals surface area contributed by atoms with E-state index in [9.17, 15) is 0 Å². The molecule has 0 aliphatic carbocycles. The smallest absolute Gasteiger partial charge is 0.122 e. The number of halogens is 1. The number of nitrogens with one attached hydrogen (secondary N) is 3. The minimum atomic E-state index is 0. The van der Waals surface area contributed by atoms with Gasteiger partial charge in [0.25, 0.3) is 0 Å². The molecule has 8 nitrogen and oxygen atoms in total. The second-order valence-corrected chi connectivity index (χ2v) is 8.35. The molecule has 0 radical (unpaired) electrons. The fourth-order valence-electron chi connectivity index (χ4n) is 3.87. The molecule has 1 aliphatic heterocycles. The van der Waals surface area contributed by atoms with Crippen molar-refractivity contribution in [2.24, 2.45) is 11.5 Å². The van der Waals surface area contributed by atoms with Crippen LogP contribution >= 0.6 is 12.4 Å². The van der Waals surface area contributed by atoms with Gasteiger partial charge in [0.05, 0.1) is 13.2 Å². The molecular formula is C25H37ClN6O2. The van der Waals surface area contributed by atoms with Gasteiger partial charge < -0.3 is 31.2 Å². The minimum absolute atomic E-state index is 0. The molecule has 0 atom stereocenters. The molecule has 0 amide bonds. The highest BCUT2D eigenvalue weighted by molar-refractivity contribution is 5.95. The number of nitrogen functional groups attached to an aromatic ring is 2. The van der Waals surface area contributed by atoms with Crippen LogP contribution in [0.4, 0.5) is 0 Å². The average Bonchev–Trinajstić information content (AvgIpc) is 2.83. The fourth-order valence-corrected chi connectivity index (χ4v) is 3.87. The van der Waals surface area contributed by atoms with E-state index in [2.05, 4.69) is 10.2 Å². The van der Waals surface area contributed by atoms with Crippen molar-refractivity contribution >= 4 is 24.1 Å². The zero-order valence-corrected chi connectivity index (χ0v) is 20.4. The second-order valence-electron chi connectivity index (χ2n) is 8.35. The molecular weight excluding hydrogens is 452 g/mol. The van der Waals surface area contributed by atoms with E-state index in [1.807, 2.05) is 48.5 Å². The van der Waals surface area contributed by atoms with Crippen molar-refractivity contribution in [3.8, 4) is 11.5 Å². The van der Waals surface area contributed by atoms with Crippen LogP contribution in [0.15, 0.2) is 48.5 Å². The van der Waals surface area contributed by atoms with Crippen molar-refractivity contribution in [3.63, 3.8) is 0 Å². The van der Waals surface area contributed by atoms with Gasteiger partial charge in [-0.05, 0) is 93.8 Å².